The lowest BCUT2D eigenvalue weighted by atomic mass is 10.0. The summed E-state index contributed by atoms with van der Waals surface area (Å²) >= 11 is 2.06. The van der Waals surface area contributed by atoms with Crippen LogP contribution in [-0.4, -0.2) is 38.3 Å². The molecule has 0 aromatic carbocycles. The van der Waals surface area contributed by atoms with E-state index in [1.54, 1.807) is 7.11 Å². The van der Waals surface area contributed by atoms with Crippen molar-refractivity contribution < 1.29 is 4.74 Å². The Morgan fingerprint density at radius 3 is 2.83 bits per heavy atom. The minimum absolute atomic E-state index is 0.915. The number of hydrogen-bond acceptors (Lipinski definition) is 3. The average Bonchev–Trinajstić information content (AvgIpc) is 2.00. The Morgan fingerprint density at radius 2 is 2.25 bits per heavy atom. The first-order valence-corrected chi connectivity index (χ1v) is 5.86. The first-order valence-electron chi connectivity index (χ1n) is 4.71. The van der Waals surface area contributed by atoms with Crippen LogP contribution in [0, 0.1) is 5.92 Å². The van der Waals surface area contributed by atoms with E-state index in [-0.39, 0.29) is 0 Å². The number of methoxy groups -OCH3 is 1. The van der Waals surface area contributed by atoms with E-state index >= 15 is 0 Å². The van der Waals surface area contributed by atoms with Gasteiger partial charge in [0.2, 0.25) is 0 Å². The summed E-state index contributed by atoms with van der Waals surface area (Å²) in [4.78, 5) is 0. The Kier molecular flexibility index (Phi) is 5.82. The van der Waals surface area contributed by atoms with Gasteiger partial charge in [-0.2, -0.15) is 11.8 Å². The largest absolute Gasteiger partial charge is 0.385 e. The van der Waals surface area contributed by atoms with E-state index in [0.717, 1.165) is 12.5 Å². The van der Waals surface area contributed by atoms with Gasteiger partial charge >= 0.3 is 0 Å². The first kappa shape index (κ1) is 10.4. The quantitative estimate of drug-likeness (QED) is 0.611. The van der Waals surface area contributed by atoms with Crippen molar-refractivity contribution in [1.82, 2.24) is 5.32 Å². The highest BCUT2D eigenvalue weighted by Gasteiger charge is 2.15. The van der Waals surface area contributed by atoms with Gasteiger partial charge in [-0.3, -0.25) is 0 Å². The van der Waals surface area contributed by atoms with Gasteiger partial charge in [-0.1, -0.05) is 0 Å². The van der Waals surface area contributed by atoms with Crippen LogP contribution in [0.3, 0.4) is 0 Å². The molecule has 1 heterocycles. The van der Waals surface area contributed by atoms with Gasteiger partial charge in [0.15, 0.2) is 0 Å². The molecule has 0 bridgehead atoms. The molecule has 1 aliphatic rings. The Morgan fingerprint density at radius 1 is 1.42 bits per heavy atom. The number of hydrogen-bond donors (Lipinski definition) is 1. The van der Waals surface area contributed by atoms with E-state index in [4.69, 9.17) is 4.74 Å². The smallest absolute Gasteiger partial charge is 0.0470 e. The Labute approximate surface area is 79.4 Å². The molecule has 0 unspecified atom stereocenters. The third-order valence-corrected chi connectivity index (χ3v) is 3.28. The second kappa shape index (κ2) is 6.75. The number of ether oxygens (including phenoxy) is 1. The zero-order chi connectivity index (χ0) is 8.65. The molecule has 0 aromatic rings. The Bertz CT molecular complexity index is 107. The van der Waals surface area contributed by atoms with Gasteiger partial charge in [0.05, 0.1) is 0 Å². The molecule has 0 amide bonds. The van der Waals surface area contributed by atoms with E-state index in [0.29, 0.717) is 0 Å². The molecule has 0 atom stereocenters. The summed E-state index contributed by atoms with van der Waals surface area (Å²) in [6, 6.07) is 0. The molecule has 0 spiro atoms. The maximum atomic E-state index is 4.98. The molecular weight excluding hydrogens is 170 g/mol. The van der Waals surface area contributed by atoms with E-state index in [1.165, 1.54) is 37.4 Å². The molecule has 0 aliphatic carbocycles. The lowest BCUT2D eigenvalue weighted by Crippen LogP contribution is -2.42. The SMILES string of the molecule is COCCCSCCC1CNC1. The minimum Gasteiger partial charge on any atom is -0.385 e. The molecular formula is C9H19NOS. The van der Waals surface area contributed by atoms with Crippen LogP contribution >= 0.6 is 11.8 Å². The lowest BCUT2D eigenvalue weighted by Gasteiger charge is -2.26. The van der Waals surface area contributed by atoms with Crippen molar-refractivity contribution >= 4 is 11.8 Å². The van der Waals surface area contributed by atoms with E-state index in [2.05, 4.69) is 17.1 Å². The maximum Gasteiger partial charge on any atom is 0.0470 e. The third kappa shape index (κ3) is 4.33. The molecule has 1 N–H and O–H groups in total. The number of nitrogens with one attached hydrogen (secondary N) is 1. The highest BCUT2D eigenvalue weighted by atomic mass is 32.2. The van der Waals surface area contributed by atoms with Gasteiger partial charge in [0.25, 0.3) is 0 Å². The third-order valence-electron chi connectivity index (χ3n) is 2.17. The molecule has 2 nitrogen and oxygen atoms in total. The lowest BCUT2D eigenvalue weighted by molar-refractivity contribution is 0.200. The van der Waals surface area contributed by atoms with Gasteiger partial charge in [-0.05, 0) is 43.4 Å². The monoisotopic (exact) mass is 189 g/mol. The second-order valence-corrected chi connectivity index (χ2v) is 4.50. The number of rotatable bonds is 7. The summed E-state index contributed by atoms with van der Waals surface area (Å²) in [5, 5.41) is 3.29. The summed E-state index contributed by atoms with van der Waals surface area (Å²) in [5.41, 5.74) is 0. The molecule has 1 aliphatic heterocycles. The fraction of sp³-hybridized carbons (Fsp3) is 1.00. The van der Waals surface area contributed by atoms with Crippen LogP contribution in [0.2, 0.25) is 0 Å². The van der Waals surface area contributed by atoms with E-state index in [1.807, 2.05) is 0 Å². The van der Waals surface area contributed by atoms with Crippen molar-refractivity contribution in [1.29, 1.82) is 0 Å². The molecule has 1 fully saturated rings. The van der Waals surface area contributed by atoms with Crippen LogP contribution in [0.1, 0.15) is 12.8 Å². The van der Waals surface area contributed by atoms with Crippen molar-refractivity contribution in [3.63, 3.8) is 0 Å². The maximum absolute atomic E-state index is 4.98. The Hall–Kier alpha value is 0.270. The highest BCUT2D eigenvalue weighted by molar-refractivity contribution is 7.99. The zero-order valence-electron chi connectivity index (χ0n) is 7.84. The van der Waals surface area contributed by atoms with Crippen LogP contribution < -0.4 is 5.32 Å². The summed E-state index contributed by atoms with van der Waals surface area (Å²) in [6.45, 7) is 3.41. The highest BCUT2D eigenvalue weighted by Crippen LogP contribution is 2.13. The average molecular weight is 189 g/mol. The summed E-state index contributed by atoms with van der Waals surface area (Å²) in [5.74, 6) is 3.56. The van der Waals surface area contributed by atoms with Gasteiger partial charge in [-0.25, -0.2) is 0 Å². The van der Waals surface area contributed by atoms with Crippen molar-refractivity contribution in [2.75, 3.05) is 38.3 Å². The van der Waals surface area contributed by atoms with Gasteiger partial charge in [0, 0.05) is 13.7 Å². The minimum atomic E-state index is 0.915. The standard InChI is InChI=1S/C9H19NOS/c1-11-4-2-5-12-6-3-9-7-10-8-9/h9-10H,2-8H2,1H3. The fourth-order valence-electron chi connectivity index (χ4n) is 1.21. The van der Waals surface area contributed by atoms with Gasteiger partial charge in [-0.15, -0.1) is 0 Å². The second-order valence-electron chi connectivity index (χ2n) is 3.27. The predicted molar refractivity (Wildman–Crippen MR) is 54.8 cm³/mol. The molecule has 3 heteroatoms. The summed E-state index contributed by atoms with van der Waals surface area (Å²) in [6.07, 6.45) is 2.59. The predicted octanol–water partition coefficient (Wildman–Crippen LogP) is 1.37. The molecule has 72 valence electrons. The topological polar surface area (TPSA) is 21.3 Å². The van der Waals surface area contributed by atoms with E-state index in [9.17, 15) is 0 Å². The fourth-order valence-corrected chi connectivity index (χ4v) is 2.24. The Balaban J connectivity index is 1.70. The van der Waals surface area contributed by atoms with Crippen molar-refractivity contribution in [2.24, 2.45) is 5.92 Å². The summed E-state index contributed by atoms with van der Waals surface area (Å²) in [7, 11) is 1.77. The molecule has 1 saturated heterocycles. The molecule has 12 heavy (non-hydrogen) atoms. The van der Waals surface area contributed by atoms with Crippen LogP contribution in [-0.2, 0) is 4.74 Å². The molecule has 1 rings (SSSR count). The van der Waals surface area contributed by atoms with E-state index < -0.39 is 0 Å². The van der Waals surface area contributed by atoms with Crippen molar-refractivity contribution in [2.45, 2.75) is 12.8 Å². The summed E-state index contributed by atoms with van der Waals surface area (Å²) < 4.78 is 4.98. The van der Waals surface area contributed by atoms with Crippen LogP contribution in [0.25, 0.3) is 0 Å². The van der Waals surface area contributed by atoms with Crippen LogP contribution in [0.5, 0.6) is 0 Å². The van der Waals surface area contributed by atoms with Gasteiger partial charge in [0.1, 0.15) is 0 Å². The van der Waals surface area contributed by atoms with Crippen LogP contribution in [0.15, 0.2) is 0 Å². The first-order chi connectivity index (χ1) is 5.93. The zero-order valence-corrected chi connectivity index (χ0v) is 8.66. The van der Waals surface area contributed by atoms with Crippen LogP contribution in [0.4, 0.5) is 0 Å². The van der Waals surface area contributed by atoms with Gasteiger partial charge < -0.3 is 10.1 Å². The molecule has 0 aromatic heterocycles. The van der Waals surface area contributed by atoms with Crippen molar-refractivity contribution in [3.05, 3.63) is 0 Å². The normalized spacial score (nSPS) is 17.8. The molecule has 0 saturated carbocycles. The van der Waals surface area contributed by atoms with Crippen molar-refractivity contribution in [3.8, 4) is 0 Å². The molecule has 0 radical (unpaired) electrons. The number of thioether (sulfide) groups is 1.